The number of urea groups is 1. The van der Waals surface area contributed by atoms with Gasteiger partial charge in [0.2, 0.25) is 0 Å². The van der Waals surface area contributed by atoms with Crippen LogP contribution in [0.15, 0.2) is 24.3 Å². The molecule has 1 atom stereocenters. The van der Waals surface area contributed by atoms with Gasteiger partial charge in [0.25, 0.3) is 0 Å². The van der Waals surface area contributed by atoms with Gasteiger partial charge in [-0.3, -0.25) is 4.90 Å². The van der Waals surface area contributed by atoms with Crippen molar-refractivity contribution in [2.45, 2.75) is 45.4 Å². The van der Waals surface area contributed by atoms with Crippen molar-refractivity contribution in [3.63, 3.8) is 0 Å². The molecule has 1 aromatic rings. The maximum absolute atomic E-state index is 11.9. The number of benzene rings is 1. The van der Waals surface area contributed by atoms with Crippen LogP contribution in [-0.4, -0.2) is 54.2 Å². The average molecular weight is 317 g/mol. The van der Waals surface area contributed by atoms with E-state index in [4.69, 9.17) is 4.74 Å². The zero-order chi connectivity index (χ0) is 16.2. The van der Waals surface area contributed by atoms with Crippen LogP contribution >= 0.6 is 0 Å². The van der Waals surface area contributed by atoms with Gasteiger partial charge in [0, 0.05) is 37.8 Å². The molecule has 2 saturated heterocycles. The lowest BCUT2D eigenvalue weighted by Gasteiger charge is -2.37. The van der Waals surface area contributed by atoms with E-state index in [9.17, 15) is 4.79 Å². The number of hydrogen-bond donors (Lipinski definition) is 1. The van der Waals surface area contributed by atoms with E-state index >= 15 is 0 Å². The quantitative estimate of drug-likeness (QED) is 0.907. The molecular weight excluding hydrogens is 290 g/mol. The summed E-state index contributed by atoms with van der Waals surface area (Å²) in [5, 5.41) is 2.91. The minimum absolute atomic E-state index is 0.0976. The molecule has 0 aliphatic carbocycles. The van der Waals surface area contributed by atoms with Crippen LogP contribution in [0.25, 0.3) is 0 Å². The van der Waals surface area contributed by atoms with Crippen LogP contribution in [0.4, 0.5) is 4.79 Å². The predicted octanol–water partition coefficient (Wildman–Crippen LogP) is 2.46. The normalized spacial score (nSPS) is 22.5. The molecule has 3 rings (SSSR count). The molecule has 23 heavy (non-hydrogen) atoms. The van der Waals surface area contributed by atoms with Crippen molar-refractivity contribution >= 4 is 6.03 Å². The van der Waals surface area contributed by atoms with Gasteiger partial charge in [0.05, 0.1) is 6.10 Å². The molecule has 2 aliphatic rings. The van der Waals surface area contributed by atoms with E-state index < -0.39 is 0 Å². The zero-order valence-electron chi connectivity index (χ0n) is 14.1. The highest BCUT2D eigenvalue weighted by Crippen LogP contribution is 2.24. The number of para-hydroxylation sites is 1. The standard InChI is InChI=1S/C18H27N3O2/c1-14(2)23-17-8-4-3-6-15(17)12-20-10-5-7-16(13-20)21-11-9-19-18(21)22/h3-4,6,8,14,16H,5,7,9-13H2,1-2H3,(H,19,22)/t16-/m1/s1. The number of likely N-dealkylation sites (tertiary alicyclic amines) is 1. The van der Waals surface area contributed by atoms with Crippen molar-refractivity contribution in [2.24, 2.45) is 0 Å². The maximum Gasteiger partial charge on any atom is 0.317 e. The fourth-order valence-corrected chi connectivity index (χ4v) is 3.51. The van der Waals surface area contributed by atoms with Crippen LogP contribution < -0.4 is 10.1 Å². The molecular formula is C18H27N3O2. The summed E-state index contributed by atoms with van der Waals surface area (Å²) >= 11 is 0. The van der Waals surface area contributed by atoms with Gasteiger partial charge in [-0.1, -0.05) is 18.2 Å². The van der Waals surface area contributed by atoms with Crippen LogP contribution in [0, 0.1) is 0 Å². The molecule has 126 valence electrons. The number of carbonyl (C=O) groups is 1. The van der Waals surface area contributed by atoms with Gasteiger partial charge < -0.3 is 15.0 Å². The molecule has 2 heterocycles. The van der Waals surface area contributed by atoms with E-state index in [1.54, 1.807) is 0 Å². The topological polar surface area (TPSA) is 44.8 Å². The third-order valence-corrected chi connectivity index (χ3v) is 4.54. The van der Waals surface area contributed by atoms with E-state index in [0.717, 1.165) is 51.3 Å². The number of piperidine rings is 1. The van der Waals surface area contributed by atoms with Gasteiger partial charge in [-0.2, -0.15) is 0 Å². The summed E-state index contributed by atoms with van der Waals surface area (Å²) in [6.45, 7) is 8.64. The SMILES string of the molecule is CC(C)Oc1ccccc1CN1CCC[C@@H](N2CCNC2=O)C1. The Balaban J connectivity index is 1.65. The van der Waals surface area contributed by atoms with Crippen molar-refractivity contribution in [2.75, 3.05) is 26.2 Å². The lowest BCUT2D eigenvalue weighted by atomic mass is 10.0. The van der Waals surface area contributed by atoms with E-state index in [1.165, 1.54) is 5.56 Å². The summed E-state index contributed by atoms with van der Waals surface area (Å²) in [5.74, 6) is 0.975. The summed E-state index contributed by atoms with van der Waals surface area (Å²) in [5.41, 5.74) is 1.23. The first-order valence-electron chi connectivity index (χ1n) is 8.65. The number of amides is 2. The molecule has 1 aromatic carbocycles. The van der Waals surface area contributed by atoms with E-state index in [-0.39, 0.29) is 12.1 Å². The molecule has 0 unspecified atom stereocenters. The van der Waals surface area contributed by atoms with E-state index in [0.29, 0.717) is 6.04 Å². The number of rotatable bonds is 5. The fraction of sp³-hybridized carbons (Fsp3) is 0.611. The first-order chi connectivity index (χ1) is 11.1. The molecule has 0 aromatic heterocycles. The summed E-state index contributed by atoms with van der Waals surface area (Å²) in [7, 11) is 0. The first kappa shape index (κ1) is 16.1. The first-order valence-corrected chi connectivity index (χ1v) is 8.65. The number of ether oxygens (including phenoxy) is 1. The Hall–Kier alpha value is -1.75. The molecule has 2 amide bonds. The van der Waals surface area contributed by atoms with Crippen molar-refractivity contribution in [3.8, 4) is 5.75 Å². The highest BCUT2D eigenvalue weighted by molar-refractivity contribution is 5.76. The minimum atomic E-state index is 0.0976. The summed E-state index contributed by atoms with van der Waals surface area (Å²) in [4.78, 5) is 16.3. The Kier molecular flexibility index (Phi) is 5.06. The Bertz CT molecular complexity index is 547. The van der Waals surface area contributed by atoms with Gasteiger partial charge in [-0.25, -0.2) is 4.79 Å². The highest BCUT2D eigenvalue weighted by atomic mass is 16.5. The van der Waals surface area contributed by atoms with E-state index in [1.807, 2.05) is 17.0 Å². The third-order valence-electron chi connectivity index (χ3n) is 4.54. The smallest absolute Gasteiger partial charge is 0.317 e. The molecule has 0 spiro atoms. The Morgan fingerprint density at radius 1 is 1.30 bits per heavy atom. The van der Waals surface area contributed by atoms with Gasteiger partial charge in [-0.15, -0.1) is 0 Å². The van der Waals surface area contributed by atoms with Crippen LogP contribution in [0.1, 0.15) is 32.3 Å². The molecule has 0 saturated carbocycles. The molecule has 5 heteroatoms. The predicted molar refractivity (Wildman–Crippen MR) is 90.6 cm³/mol. The minimum Gasteiger partial charge on any atom is -0.491 e. The molecule has 2 aliphatic heterocycles. The Labute approximate surface area is 138 Å². The van der Waals surface area contributed by atoms with Crippen molar-refractivity contribution in [3.05, 3.63) is 29.8 Å². The number of nitrogens with zero attached hydrogens (tertiary/aromatic N) is 2. The van der Waals surface area contributed by atoms with Crippen molar-refractivity contribution in [1.29, 1.82) is 0 Å². The fourth-order valence-electron chi connectivity index (χ4n) is 3.51. The van der Waals surface area contributed by atoms with E-state index in [2.05, 4.69) is 36.2 Å². The molecule has 0 radical (unpaired) electrons. The zero-order valence-corrected chi connectivity index (χ0v) is 14.1. The van der Waals surface area contributed by atoms with Crippen molar-refractivity contribution < 1.29 is 9.53 Å². The summed E-state index contributed by atoms with van der Waals surface area (Å²) < 4.78 is 5.93. The number of carbonyl (C=O) groups excluding carboxylic acids is 1. The average Bonchev–Trinajstić information content (AvgIpc) is 2.95. The van der Waals surface area contributed by atoms with Gasteiger partial charge in [0.15, 0.2) is 0 Å². The lowest BCUT2D eigenvalue weighted by molar-refractivity contribution is 0.120. The summed E-state index contributed by atoms with van der Waals surface area (Å²) in [6.07, 6.45) is 2.42. The number of nitrogens with one attached hydrogen (secondary N) is 1. The maximum atomic E-state index is 11.9. The molecule has 2 fully saturated rings. The van der Waals surface area contributed by atoms with Crippen LogP contribution in [-0.2, 0) is 6.54 Å². The highest BCUT2D eigenvalue weighted by Gasteiger charge is 2.31. The Morgan fingerprint density at radius 3 is 2.87 bits per heavy atom. The number of hydrogen-bond acceptors (Lipinski definition) is 3. The third kappa shape index (κ3) is 3.96. The van der Waals surface area contributed by atoms with Crippen LogP contribution in [0.5, 0.6) is 5.75 Å². The Morgan fingerprint density at radius 2 is 2.13 bits per heavy atom. The second kappa shape index (κ2) is 7.21. The molecule has 1 N–H and O–H groups in total. The second-order valence-electron chi connectivity index (χ2n) is 6.73. The van der Waals surface area contributed by atoms with Crippen LogP contribution in [0.3, 0.4) is 0 Å². The van der Waals surface area contributed by atoms with Crippen LogP contribution in [0.2, 0.25) is 0 Å². The van der Waals surface area contributed by atoms with Gasteiger partial charge >= 0.3 is 6.03 Å². The monoisotopic (exact) mass is 317 g/mol. The second-order valence-corrected chi connectivity index (χ2v) is 6.73. The van der Waals surface area contributed by atoms with Gasteiger partial charge in [-0.05, 0) is 39.3 Å². The molecule has 5 nitrogen and oxygen atoms in total. The molecule has 0 bridgehead atoms. The lowest BCUT2D eigenvalue weighted by Crippen LogP contribution is -2.48. The van der Waals surface area contributed by atoms with Crippen molar-refractivity contribution in [1.82, 2.24) is 15.1 Å². The largest absolute Gasteiger partial charge is 0.491 e. The van der Waals surface area contributed by atoms with Gasteiger partial charge in [0.1, 0.15) is 5.75 Å². The summed E-state index contributed by atoms with van der Waals surface area (Å²) in [6, 6.07) is 8.71.